The predicted octanol–water partition coefficient (Wildman–Crippen LogP) is 2.43. The van der Waals surface area contributed by atoms with Gasteiger partial charge in [0.2, 0.25) is 0 Å². The summed E-state index contributed by atoms with van der Waals surface area (Å²) in [5.41, 5.74) is 0.786. The van der Waals surface area contributed by atoms with E-state index in [1.807, 2.05) is 0 Å². The summed E-state index contributed by atoms with van der Waals surface area (Å²) in [6.45, 7) is 2.38. The highest BCUT2D eigenvalue weighted by molar-refractivity contribution is 9.10. The standard InChI is InChI=1S/C12H15BrFNO2S/c1-8-4-5-15-12(7-18(8,16)17)10-3-2-9(14)6-11(10)13/h2-3,6,8,12,15H,4-5,7H2,1H3. The number of benzene rings is 1. The van der Waals surface area contributed by atoms with Crippen molar-refractivity contribution < 1.29 is 12.8 Å². The molecule has 0 radical (unpaired) electrons. The normalized spacial score (nSPS) is 27.7. The van der Waals surface area contributed by atoms with Gasteiger partial charge in [-0.1, -0.05) is 22.0 Å². The van der Waals surface area contributed by atoms with Crippen molar-refractivity contribution in [3.05, 3.63) is 34.1 Å². The Bertz CT molecular complexity index is 547. The molecule has 0 amide bonds. The maximum atomic E-state index is 13.0. The van der Waals surface area contributed by atoms with Crippen molar-refractivity contribution in [3.8, 4) is 0 Å². The number of sulfone groups is 1. The molecule has 3 nitrogen and oxygen atoms in total. The molecule has 0 aromatic heterocycles. The highest BCUT2D eigenvalue weighted by atomic mass is 79.9. The molecule has 1 aliphatic rings. The number of rotatable bonds is 1. The number of halogens is 2. The van der Waals surface area contributed by atoms with Gasteiger partial charge in [0.15, 0.2) is 9.84 Å². The van der Waals surface area contributed by atoms with E-state index in [1.54, 1.807) is 13.0 Å². The minimum Gasteiger partial charge on any atom is -0.309 e. The SMILES string of the molecule is CC1CCNC(c2ccc(F)cc2Br)CS1(=O)=O. The quantitative estimate of drug-likeness (QED) is 0.857. The van der Waals surface area contributed by atoms with E-state index in [4.69, 9.17) is 0 Å². The van der Waals surface area contributed by atoms with Crippen molar-refractivity contribution in [2.24, 2.45) is 0 Å². The minimum absolute atomic E-state index is 0.0540. The molecule has 0 spiro atoms. The molecule has 1 aliphatic heterocycles. The monoisotopic (exact) mass is 335 g/mol. The van der Waals surface area contributed by atoms with Crippen LogP contribution in [0.15, 0.2) is 22.7 Å². The summed E-state index contributed by atoms with van der Waals surface area (Å²) in [6, 6.07) is 4.05. The second-order valence-corrected chi connectivity index (χ2v) is 7.92. The lowest BCUT2D eigenvalue weighted by Gasteiger charge is -2.17. The van der Waals surface area contributed by atoms with Crippen molar-refractivity contribution in [1.82, 2.24) is 5.32 Å². The molecule has 6 heteroatoms. The topological polar surface area (TPSA) is 46.2 Å². The predicted molar refractivity (Wildman–Crippen MR) is 72.7 cm³/mol. The molecule has 0 bridgehead atoms. The molecule has 18 heavy (non-hydrogen) atoms. The first kappa shape index (κ1) is 14.0. The van der Waals surface area contributed by atoms with Gasteiger partial charge in [0.1, 0.15) is 5.82 Å². The van der Waals surface area contributed by atoms with Crippen LogP contribution in [0, 0.1) is 5.82 Å². The van der Waals surface area contributed by atoms with Gasteiger partial charge < -0.3 is 5.32 Å². The zero-order valence-electron chi connectivity index (χ0n) is 9.99. The summed E-state index contributed by atoms with van der Waals surface area (Å²) in [5.74, 6) is -0.284. The Hall–Kier alpha value is -0.460. The third-order valence-electron chi connectivity index (χ3n) is 3.29. The van der Waals surface area contributed by atoms with Crippen LogP contribution in [-0.2, 0) is 9.84 Å². The first-order chi connectivity index (χ1) is 8.40. The molecule has 1 fully saturated rings. The smallest absolute Gasteiger partial charge is 0.154 e. The van der Waals surface area contributed by atoms with Gasteiger partial charge in [-0.15, -0.1) is 0 Å². The molecule has 0 saturated carbocycles. The lowest BCUT2D eigenvalue weighted by Crippen LogP contribution is -2.26. The molecule has 2 atom stereocenters. The zero-order chi connectivity index (χ0) is 13.3. The Kier molecular flexibility index (Phi) is 4.08. The maximum absolute atomic E-state index is 13.0. The summed E-state index contributed by atoms with van der Waals surface area (Å²) in [5, 5.41) is 2.89. The lowest BCUT2D eigenvalue weighted by atomic mass is 10.1. The van der Waals surface area contributed by atoms with E-state index in [0.29, 0.717) is 17.4 Å². The Labute approximate surface area is 115 Å². The van der Waals surface area contributed by atoms with Crippen molar-refractivity contribution in [2.75, 3.05) is 12.3 Å². The van der Waals surface area contributed by atoms with Gasteiger partial charge in [-0.25, -0.2) is 12.8 Å². The molecule has 0 aliphatic carbocycles. The highest BCUT2D eigenvalue weighted by Crippen LogP contribution is 2.28. The van der Waals surface area contributed by atoms with Gasteiger partial charge in [-0.3, -0.25) is 0 Å². The molecular weight excluding hydrogens is 321 g/mol. The Balaban J connectivity index is 2.33. The van der Waals surface area contributed by atoms with Gasteiger partial charge in [0.05, 0.1) is 11.0 Å². The van der Waals surface area contributed by atoms with Crippen LogP contribution in [0.25, 0.3) is 0 Å². The fourth-order valence-corrected chi connectivity index (χ4v) is 4.27. The molecule has 1 aromatic rings. The number of hydrogen-bond donors (Lipinski definition) is 1. The van der Waals surface area contributed by atoms with E-state index in [2.05, 4.69) is 21.2 Å². The van der Waals surface area contributed by atoms with Crippen LogP contribution >= 0.6 is 15.9 Å². The molecule has 1 saturated heterocycles. The van der Waals surface area contributed by atoms with E-state index in [1.165, 1.54) is 12.1 Å². The van der Waals surface area contributed by atoms with E-state index < -0.39 is 9.84 Å². The molecule has 1 aromatic carbocycles. The van der Waals surface area contributed by atoms with Gasteiger partial charge in [-0.05, 0) is 37.6 Å². The van der Waals surface area contributed by atoms with Gasteiger partial charge in [0, 0.05) is 10.5 Å². The molecule has 2 rings (SSSR count). The van der Waals surface area contributed by atoms with Crippen molar-refractivity contribution in [1.29, 1.82) is 0 Å². The summed E-state index contributed by atoms with van der Waals surface area (Å²) < 4.78 is 37.7. The second-order valence-electron chi connectivity index (χ2n) is 4.60. The fourth-order valence-electron chi connectivity index (χ4n) is 2.08. The second kappa shape index (κ2) is 5.27. The number of nitrogens with one attached hydrogen (secondary N) is 1. The summed E-state index contributed by atoms with van der Waals surface area (Å²) in [4.78, 5) is 0. The van der Waals surface area contributed by atoms with Crippen molar-refractivity contribution in [3.63, 3.8) is 0 Å². The van der Waals surface area contributed by atoms with E-state index in [-0.39, 0.29) is 22.9 Å². The number of hydrogen-bond acceptors (Lipinski definition) is 3. The lowest BCUT2D eigenvalue weighted by molar-refractivity contribution is 0.568. The molecule has 100 valence electrons. The van der Waals surface area contributed by atoms with Crippen molar-refractivity contribution >= 4 is 25.8 Å². The molecule has 2 unspecified atom stereocenters. The molecule has 1 N–H and O–H groups in total. The van der Waals surface area contributed by atoms with Gasteiger partial charge in [0.25, 0.3) is 0 Å². The Morgan fingerprint density at radius 2 is 2.17 bits per heavy atom. The van der Waals surface area contributed by atoms with Crippen LogP contribution in [0.3, 0.4) is 0 Å². The van der Waals surface area contributed by atoms with E-state index in [9.17, 15) is 12.8 Å². The summed E-state index contributed by atoms with van der Waals surface area (Å²) >= 11 is 3.29. The molecule has 1 heterocycles. The van der Waals surface area contributed by atoms with Crippen LogP contribution in [0.5, 0.6) is 0 Å². The minimum atomic E-state index is -3.10. The first-order valence-electron chi connectivity index (χ1n) is 5.80. The van der Waals surface area contributed by atoms with Gasteiger partial charge >= 0.3 is 0 Å². The van der Waals surface area contributed by atoms with E-state index in [0.717, 1.165) is 5.56 Å². The third kappa shape index (κ3) is 2.92. The average molecular weight is 336 g/mol. The Morgan fingerprint density at radius 3 is 2.83 bits per heavy atom. The largest absolute Gasteiger partial charge is 0.309 e. The van der Waals surface area contributed by atoms with Crippen LogP contribution in [0.1, 0.15) is 24.9 Å². The van der Waals surface area contributed by atoms with Crippen LogP contribution in [-0.4, -0.2) is 26.0 Å². The summed E-state index contributed by atoms with van der Waals surface area (Å²) in [7, 11) is -3.10. The average Bonchev–Trinajstić information content (AvgIpc) is 2.39. The van der Waals surface area contributed by atoms with E-state index >= 15 is 0 Å². The van der Waals surface area contributed by atoms with Crippen LogP contribution in [0.4, 0.5) is 4.39 Å². The maximum Gasteiger partial charge on any atom is 0.154 e. The highest BCUT2D eigenvalue weighted by Gasteiger charge is 2.30. The molecular formula is C12H15BrFNO2S. The third-order valence-corrected chi connectivity index (χ3v) is 6.24. The van der Waals surface area contributed by atoms with Crippen molar-refractivity contribution in [2.45, 2.75) is 24.6 Å². The van der Waals surface area contributed by atoms with Crippen LogP contribution in [0.2, 0.25) is 0 Å². The summed E-state index contributed by atoms with van der Waals surface area (Å²) in [6.07, 6.45) is 0.609. The fraction of sp³-hybridized carbons (Fsp3) is 0.500. The van der Waals surface area contributed by atoms with Gasteiger partial charge in [-0.2, -0.15) is 0 Å². The zero-order valence-corrected chi connectivity index (χ0v) is 12.4. The Morgan fingerprint density at radius 1 is 1.44 bits per heavy atom. The first-order valence-corrected chi connectivity index (χ1v) is 8.31. The van der Waals surface area contributed by atoms with Crippen LogP contribution < -0.4 is 5.32 Å².